The van der Waals surface area contributed by atoms with E-state index < -0.39 is 22.0 Å². The maximum Gasteiger partial charge on any atom is 0.150 e. The summed E-state index contributed by atoms with van der Waals surface area (Å²) in [5.74, 6) is 0.173. The van der Waals surface area contributed by atoms with Crippen LogP contribution >= 0.6 is 0 Å². The van der Waals surface area contributed by atoms with Crippen molar-refractivity contribution < 1.29 is 18.6 Å². The lowest BCUT2D eigenvalue weighted by molar-refractivity contribution is 0.0132. The zero-order valence-corrected chi connectivity index (χ0v) is 11.3. The largest absolute Gasteiger partial charge is 0.390 e. The first-order valence-electron chi connectivity index (χ1n) is 6.08. The van der Waals surface area contributed by atoms with E-state index >= 15 is 0 Å². The Labute approximate surface area is 108 Å². The van der Waals surface area contributed by atoms with Gasteiger partial charge in [-0.1, -0.05) is 37.3 Å². The molecule has 1 aromatic carbocycles. The standard InChI is InChI=1S/C13H20O4S/c1-2-18(16,17)10-6-9-12(14)13(15)11-7-4-3-5-8-11/h3-5,7-8,12-15H,2,6,9-10H2,1H3. The lowest BCUT2D eigenvalue weighted by Crippen LogP contribution is -2.19. The van der Waals surface area contributed by atoms with Crippen molar-refractivity contribution in [1.29, 1.82) is 0 Å². The van der Waals surface area contributed by atoms with E-state index in [9.17, 15) is 18.6 Å². The Morgan fingerprint density at radius 2 is 1.78 bits per heavy atom. The fraction of sp³-hybridized carbons (Fsp3) is 0.538. The molecule has 0 amide bonds. The summed E-state index contributed by atoms with van der Waals surface area (Å²) in [5, 5.41) is 19.7. The molecule has 102 valence electrons. The Bertz CT molecular complexity index is 441. The van der Waals surface area contributed by atoms with E-state index in [0.717, 1.165) is 0 Å². The quantitative estimate of drug-likeness (QED) is 0.784. The van der Waals surface area contributed by atoms with Gasteiger partial charge in [0.15, 0.2) is 0 Å². The molecule has 18 heavy (non-hydrogen) atoms. The Hall–Kier alpha value is -0.910. The molecule has 0 aliphatic rings. The summed E-state index contributed by atoms with van der Waals surface area (Å²) >= 11 is 0. The Morgan fingerprint density at radius 1 is 1.17 bits per heavy atom. The fourth-order valence-corrected chi connectivity index (χ4v) is 2.58. The van der Waals surface area contributed by atoms with E-state index in [1.165, 1.54) is 0 Å². The summed E-state index contributed by atoms with van der Waals surface area (Å²) in [4.78, 5) is 0. The van der Waals surface area contributed by atoms with Crippen molar-refractivity contribution in [2.24, 2.45) is 0 Å². The second-order valence-corrected chi connectivity index (χ2v) is 6.77. The van der Waals surface area contributed by atoms with Gasteiger partial charge < -0.3 is 10.2 Å². The first kappa shape index (κ1) is 15.1. The SMILES string of the molecule is CCS(=O)(=O)CCCC(O)C(O)c1ccccc1. The summed E-state index contributed by atoms with van der Waals surface area (Å²) in [6.45, 7) is 1.60. The lowest BCUT2D eigenvalue weighted by Gasteiger charge is -2.17. The zero-order valence-electron chi connectivity index (χ0n) is 10.5. The summed E-state index contributed by atoms with van der Waals surface area (Å²) in [6.07, 6.45) is -1.26. The number of hydrogen-bond donors (Lipinski definition) is 2. The van der Waals surface area contributed by atoms with Gasteiger partial charge in [0.05, 0.1) is 11.9 Å². The van der Waals surface area contributed by atoms with Crippen molar-refractivity contribution in [1.82, 2.24) is 0 Å². The van der Waals surface area contributed by atoms with Gasteiger partial charge in [0, 0.05) is 5.75 Å². The Kier molecular flexibility index (Phi) is 5.78. The van der Waals surface area contributed by atoms with Crippen molar-refractivity contribution in [2.75, 3.05) is 11.5 Å². The molecule has 0 aliphatic heterocycles. The smallest absolute Gasteiger partial charge is 0.150 e. The van der Waals surface area contributed by atoms with E-state index in [0.29, 0.717) is 12.0 Å². The van der Waals surface area contributed by atoms with E-state index in [2.05, 4.69) is 0 Å². The van der Waals surface area contributed by atoms with Crippen molar-refractivity contribution in [3.8, 4) is 0 Å². The topological polar surface area (TPSA) is 74.6 Å². The Balaban J connectivity index is 2.44. The number of rotatable bonds is 7. The van der Waals surface area contributed by atoms with E-state index in [1.807, 2.05) is 6.07 Å². The third kappa shape index (κ3) is 4.76. The highest BCUT2D eigenvalue weighted by atomic mass is 32.2. The molecule has 4 nitrogen and oxygen atoms in total. The van der Waals surface area contributed by atoms with Crippen molar-refractivity contribution >= 4 is 9.84 Å². The van der Waals surface area contributed by atoms with Gasteiger partial charge in [-0.2, -0.15) is 0 Å². The molecule has 0 heterocycles. The van der Waals surface area contributed by atoms with Crippen LogP contribution in [0, 0.1) is 0 Å². The maximum absolute atomic E-state index is 11.3. The Morgan fingerprint density at radius 3 is 2.33 bits per heavy atom. The van der Waals surface area contributed by atoms with Gasteiger partial charge in [-0.3, -0.25) is 0 Å². The van der Waals surface area contributed by atoms with Crippen LogP contribution in [0.4, 0.5) is 0 Å². The predicted molar refractivity (Wildman–Crippen MR) is 71.0 cm³/mol. The molecular weight excluding hydrogens is 252 g/mol. The van der Waals surface area contributed by atoms with Crippen LogP contribution in [0.3, 0.4) is 0 Å². The van der Waals surface area contributed by atoms with Gasteiger partial charge in [0.25, 0.3) is 0 Å². The summed E-state index contributed by atoms with van der Waals surface area (Å²) < 4.78 is 22.6. The molecule has 2 N–H and O–H groups in total. The van der Waals surface area contributed by atoms with Crippen molar-refractivity contribution in [2.45, 2.75) is 32.0 Å². The predicted octanol–water partition coefficient (Wildman–Crippen LogP) is 1.30. The first-order chi connectivity index (χ1) is 8.46. The van der Waals surface area contributed by atoms with Crippen LogP contribution in [-0.2, 0) is 9.84 Å². The molecule has 5 heteroatoms. The number of aliphatic hydroxyl groups excluding tert-OH is 2. The van der Waals surface area contributed by atoms with Gasteiger partial charge in [0.1, 0.15) is 15.9 Å². The number of sulfone groups is 1. The van der Waals surface area contributed by atoms with Crippen LogP contribution in [0.5, 0.6) is 0 Å². The molecule has 0 saturated carbocycles. The van der Waals surface area contributed by atoms with Gasteiger partial charge in [-0.15, -0.1) is 0 Å². The molecule has 0 fully saturated rings. The third-order valence-corrected chi connectivity index (χ3v) is 4.69. The van der Waals surface area contributed by atoms with E-state index in [1.54, 1.807) is 31.2 Å². The minimum absolute atomic E-state index is 0.0576. The molecular formula is C13H20O4S. The van der Waals surface area contributed by atoms with E-state index in [4.69, 9.17) is 0 Å². The molecule has 1 aromatic rings. The van der Waals surface area contributed by atoms with Crippen molar-refractivity contribution in [3.05, 3.63) is 35.9 Å². The maximum atomic E-state index is 11.3. The molecule has 1 rings (SSSR count). The van der Waals surface area contributed by atoms with Crippen LogP contribution in [0.1, 0.15) is 31.4 Å². The highest BCUT2D eigenvalue weighted by Crippen LogP contribution is 2.19. The molecule has 0 aliphatic carbocycles. The van der Waals surface area contributed by atoms with Crippen molar-refractivity contribution in [3.63, 3.8) is 0 Å². The molecule has 0 bridgehead atoms. The van der Waals surface area contributed by atoms with Crippen LogP contribution in [0.2, 0.25) is 0 Å². The third-order valence-electron chi connectivity index (χ3n) is 2.90. The fourth-order valence-electron chi connectivity index (χ4n) is 1.69. The zero-order chi connectivity index (χ0) is 13.6. The average Bonchev–Trinajstić information content (AvgIpc) is 2.38. The van der Waals surface area contributed by atoms with Crippen LogP contribution in [0.25, 0.3) is 0 Å². The summed E-state index contributed by atoms with van der Waals surface area (Å²) in [5.41, 5.74) is 0.642. The van der Waals surface area contributed by atoms with Gasteiger partial charge in [-0.05, 0) is 18.4 Å². The second kappa shape index (κ2) is 6.87. The summed E-state index contributed by atoms with van der Waals surface area (Å²) in [7, 11) is -3.00. The number of hydrogen-bond acceptors (Lipinski definition) is 4. The molecule has 0 aromatic heterocycles. The molecule has 0 spiro atoms. The summed E-state index contributed by atoms with van der Waals surface area (Å²) in [6, 6.07) is 8.86. The highest BCUT2D eigenvalue weighted by molar-refractivity contribution is 7.91. The number of benzene rings is 1. The molecule has 0 saturated heterocycles. The minimum Gasteiger partial charge on any atom is -0.390 e. The second-order valence-electron chi connectivity index (χ2n) is 4.30. The molecule has 0 radical (unpaired) electrons. The van der Waals surface area contributed by atoms with Crippen LogP contribution in [0.15, 0.2) is 30.3 Å². The van der Waals surface area contributed by atoms with Gasteiger partial charge in [-0.25, -0.2) is 8.42 Å². The van der Waals surface area contributed by atoms with E-state index in [-0.39, 0.29) is 17.9 Å². The van der Waals surface area contributed by atoms with Gasteiger partial charge >= 0.3 is 0 Å². The van der Waals surface area contributed by atoms with Crippen LogP contribution in [-0.4, -0.2) is 36.2 Å². The monoisotopic (exact) mass is 272 g/mol. The normalized spacial score (nSPS) is 15.3. The molecule has 2 unspecified atom stereocenters. The van der Waals surface area contributed by atoms with Gasteiger partial charge in [0.2, 0.25) is 0 Å². The lowest BCUT2D eigenvalue weighted by atomic mass is 10.0. The average molecular weight is 272 g/mol. The molecule has 2 atom stereocenters. The highest BCUT2D eigenvalue weighted by Gasteiger charge is 2.18. The number of aliphatic hydroxyl groups is 2. The first-order valence-corrected chi connectivity index (χ1v) is 7.90. The minimum atomic E-state index is -3.00. The van der Waals surface area contributed by atoms with Crippen LogP contribution < -0.4 is 0 Å².